The number of nitrogens with one attached hydrogen (secondary N) is 1. The van der Waals surface area contributed by atoms with Crippen molar-refractivity contribution in [3.05, 3.63) is 59.1 Å². The van der Waals surface area contributed by atoms with E-state index < -0.39 is 10.0 Å². The first-order valence-corrected chi connectivity index (χ1v) is 8.75. The zero-order valence-electron chi connectivity index (χ0n) is 11.8. The summed E-state index contributed by atoms with van der Waals surface area (Å²) in [7, 11) is -3.66. The lowest BCUT2D eigenvalue weighted by Crippen LogP contribution is -2.13. The highest BCUT2D eigenvalue weighted by Gasteiger charge is 2.17. The average Bonchev–Trinajstić information content (AvgIpc) is 2.46. The fraction of sp³-hybridized carbons (Fsp3) is 0.250. The van der Waals surface area contributed by atoms with Crippen LogP contribution in [0, 0.1) is 0 Å². The van der Waals surface area contributed by atoms with Crippen LogP contribution in [0.15, 0.2) is 53.4 Å². The van der Waals surface area contributed by atoms with E-state index in [1.165, 1.54) is 11.6 Å². The van der Waals surface area contributed by atoms with Gasteiger partial charge in [-0.15, -0.1) is 0 Å². The first-order chi connectivity index (χ1) is 10.0. The molecule has 21 heavy (non-hydrogen) atoms. The SMILES string of the molecule is CCCCc1ccc(NS(=O)(=O)c2ccccc2Cl)cc1. The van der Waals surface area contributed by atoms with Crippen molar-refractivity contribution in [2.45, 2.75) is 31.1 Å². The van der Waals surface area contributed by atoms with E-state index in [2.05, 4.69) is 11.6 Å². The van der Waals surface area contributed by atoms with E-state index in [1.807, 2.05) is 12.1 Å². The predicted octanol–water partition coefficient (Wildman–Crippen LogP) is 4.48. The monoisotopic (exact) mass is 323 g/mol. The summed E-state index contributed by atoms with van der Waals surface area (Å²) in [6.45, 7) is 2.14. The molecule has 0 unspecified atom stereocenters. The quantitative estimate of drug-likeness (QED) is 0.851. The van der Waals surface area contributed by atoms with Crippen molar-refractivity contribution in [1.29, 1.82) is 0 Å². The summed E-state index contributed by atoms with van der Waals surface area (Å²) in [5.74, 6) is 0. The molecule has 5 heteroatoms. The third-order valence-corrected chi connectivity index (χ3v) is 5.03. The van der Waals surface area contributed by atoms with Gasteiger partial charge in [0.1, 0.15) is 4.90 Å². The molecule has 0 aliphatic heterocycles. The molecule has 0 bridgehead atoms. The maximum absolute atomic E-state index is 12.3. The Morgan fingerprint density at radius 2 is 1.71 bits per heavy atom. The summed E-state index contributed by atoms with van der Waals surface area (Å²) in [6.07, 6.45) is 3.28. The highest BCUT2D eigenvalue weighted by Crippen LogP contribution is 2.23. The molecule has 2 aromatic carbocycles. The standard InChI is InChI=1S/C16H18ClNO2S/c1-2-3-6-13-9-11-14(12-10-13)18-21(19,20)16-8-5-4-7-15(16)17/h4-5,7-12,18H,2-3,6H2,1H3. The van der Waals surface area contributed by atoms with Gasteiger partial charge in [0.25, 0.3) is 10.0 Å². The number of unbranched alkanes of at least 4 members (excludes halogenated alkanes) is 1. The molecule has 0 amide bonds. The van der Waals surface area contributed by atoms with Gasteiger partial charge >= 0.3 is 0 Å². The van der Waals surface area contributed by atoms with Gasteiger partial charge in [-0.05, 0) is 42.7 Å². The number of sulfonamides is 1. The van der Waals surface area contributed by atoms with E-state index in [-0.39, 0.29) is 9.92 Å². The predicted molar refractivity (Wildman–Crippen MR) is 87.3 cm³/mol. The zero-order valence-corrected chi connectivity index (χ0v) is 13.4. The molecule has 0 fully saturated rings. The third kappa shape index (κ3) is 4.22. The molecule has 0 spiro atoms. The lowest BCUT2D eigenvalue weighted by atomic mass is 10.1. The molecule has 112 valence electrons. The van der Waals surface area contributed by atoms with E-state index in [0.717, 1.165) is 19.3 Å². The van der Waals surface area contributed by atoms with Crippen molar-refractivity contribution in [2.24, 2.45) is 0 Å². The van der Waals surface area contributed by atoms with Crippen LogP contribution in [0.4, 0.5) is 5.69 Å². The van der Waals surface area contributed by atoms with Crippen molar-refractivity contribution in [2.75, 3.05) is 4.72 Å². The number of halogens is 1. The largest absolute Gasteiger partial charge is 0.280 e. The van der Waals surface area contributed by atoms with Crippen molar-refractivity contribution < 1.29 is 8.42 Å². The summed E-state index contributed by atoms with van der Waals surface area (Å²) in [5, 5.41) is 0.213. The van der Waals surface area contributed by atoms with Crippen LogP contribution in [0.1, 0.15) is 25.3 Å². The fourth-order valence-corrected chi connectivity index (χ4v) is 3.57. The molecule has 0 aliphatic carbocycles. The number of hydrogen-bond donors (Lipinski definition) is 1. The minimum Gasteiger partial charge on any atom is -0.280 e. The molecule has 0 aromatic heterocycles. The van der Waals surface area contributed by atoms with Crippen LogP contribution in [0.25, 0.3) is 0 Å². The van der Waals surface area contributed by atoms with Crippen LogP contribution in [-0.2, 0) is 16.4 Å². The summed E-state index contributed by atoms with van der Waals surface area (Å²) in [4.78, 5) is 0.0849. The second kappa shape index (κ2) is 6.96. The van der Waals surface area contributed by atoms with Gasteiger partial charge in [-0.3, -0.25) is 4.72 Å². The summed E-state index contributed by atoms with van der Waals surface area (Å²) in [6, 6.07) is 13.8. The first-order valence-electron chi connectivity index (χ1n) is 6.89. The van der Waals surface area contributed by atoms with Crippen molar-refractivity contribution in [3.8, 4) is 0 Å². The smallest absolute Gasteiger partial charge is 0.263 e. The van der Waals surface area contributed by atoms with Gasteiger partial charge in [0.15, 0.2) is 0 Å². The Morgan fingerprint density at radius 3 is 2.33 bits per heavy atom. The fourth-order valence-electron chi connectivity index (χ4n) is 1.99. The number of hydrogen-bond acceptors (Lipinski definition) is 2. The van der Waals surface area contributed by atoms with Crippen LogP contribution in [0.3, 0.4) is 0 Å². The van der Waals surface area contributed by atoms with Crippen molar-refractivity contribution in [3.63, 3.8) is 0 Å². The lowest BCUT2D eigenvalue weighted by Gasteiger charge is -2.10. The van der Waals surface area contributed by atoms with Crippen LogP contribution in [0.5, 0.6) is 0 Å². The number of benzene rings is 2. The molecule has 0 atom stereocenters. The average molecular weight is 324 g/mol. The Morgan fingerprint density at radius 1 is 1.05 bits per heavy atom. The zero-order chi connectivity index (χ0) is 15.3. The van der Waals surface area contributed by atoms with Gasteiger partial charge in [0.05, 0.1) is 5.02 Å². The highest BCUT2D eigenvalue weighted by molar-refractivity contribution is 7.92. The summed E-state index contributed by atoms with van der Waals surface area (Å²) in [5.41, 5.74) is 1.74. The normalized spacial score (nSPS) is 11.3. The Balaban J connectivity index is 2.16. The van der Waals surface area contributed by atoms with E-state index in [1.54, 1.807) is 30.3 Å². The first kappa shape index (κ1) is 15.9. The van der Waals surface area contributed by atoms with Gasteiger partial charge < -0.3 is 0 Å². The molecular weight excluding hydrogens is 306 g/mol. The summed E-state index contributed by atoms with van der Waals surface area (Å²) >= 11 is 5.94. The maximum atomic E-state index is 12.3. The Labute approximate surface area is 131 Å². The molecular formula is C16H18ClNO2S. The van der Waals surface area contributed by atoms with Crippen molar-refractivity contribution >= 4 is 27.3 Å². The van der Waals surface area contributed by atoms with Crippen LogP contribution >= 0.6 is 11.6 Å². The Kier molecular flexibility index (Phi) is 5.26. The Hall–Kier alpha value is -1.52. The second-order valence-electron chi connectivity index (χ2n) is 4.84. The van der Waals surface area contributed by atoms with E-state index >= 15 is 0 Å². The molecule has 0 heterocycles. The van der Waals surface area contributed by atoms with Crippen LogP contribution in [0.2, 0.25) is 5.02 Å². The second-order valence-corrected chi connectivity index (χ2v) is 6.89. The lowest BCUT2D eigenvalue weighted by molar-refractivity contribution is 0.601. The molecule has 2 rings (SSSR count). The van der Waals surface area contributed by atoms with E-state index in [0.29, 0.717) is 5.69 Å². The third-order valence-electron chi connectivity index (χ3n) is 3.15. The van der Waals surface area contributed by atoms with E-state index in [9.17, 15) is 8.42 Å². The number of rotatable bonds is 6. The molecule has 0 saturated carbocycles. The molecule has 1 N–H and O–H groups in total. The van der Waals surface area contributed by atoms with Crippen LogP contribution in [-0.4, -0.2) is 8.42 Å². The van der Waals surface area contributed by atoms with Crippen molar-refractivity contribution in [1.82, 2.24) is 0 Å². The molecule has 0 saturated heterocycles. The van der Waals surface area contributed by atoms with Gasteiger partial charge in [-0.1, -0.05) is 49.2 Å². The molecule has 0 aliphatic rings. The topological polar surface area (TPSA) is 46.2 Å². The Bertz CT molecular complexity index is 696. The molecule has 2 aromatic rings. The maximum Gasteiger partial charge on any atom is 0.263 e. The van der Waals surface area contributed by atoms with E-state index in [4.69, 9.17) is 11.6 Å². The number of aryl methyl sites for hydroxylation is 1. The van der Waals surface area contributed by atoms with Gasteiger partial charge in [0, 0.05) is 5.69 Å². The molecule has 0 radical (unpaired) electrons. The molecule has 3 nitrogen and oxygen atoms in total. The summed E-state index contributed by atoms with van der Waals surface area (Å²) < 4.78 is 27.1. The van der Waals surface area contributed by atoms with Gasteiger partial charge in [-0.25, -0.2) is 8.42 Å². The van der Waals surface area contributed by atoms with Gasteiger partial charge in [-0.2, -0.15) is 0 Å². The van der Waals surface area contributed by atoms with Crippen LogP contribution < -0.4 is 4.72 Å². The minimum absolute atomic E-state index is 0.0849. The minimum atomic E-state index is -3.66. The van der Waals surface area contributed by atoms with Gasteiger partial charge in [0.2, 0.25) is 0 Å². The number of anilines is 1. The highest BCUT2D eigenvalue weighted by atomic mass is 35.5.